The first-order valence-electron chi connectivity index (χ1n) is 19.1. The zero-order valence-corrected chi connectivity index (χ0v) is 31.5. The van der Waals surface area contributed by atoms with Crippen molar-refractivity contribution in [1.29, 1.82) is 0 Å². The smallest absolute Gasteiger partial charge is 0.160 e. The molecular weight excluding hydrogens is 715 g/mol. The molecule has 0 aliphatic carbocycles. The summed E-state index contributed by atoms with van der Waals surface area (Å²) in [6, 6.07) is 70.1. The molecule has 0 radical (unpaired) electrons. The average Bonchev–Trinajstić information content (AvgIpc) is 3.86. The Morgan fingerprint density at radius 1 is 0.421 bits per heavy atom. The minimum Gasteiger partial charge on any atom is -0.456 e. The van der Waals surface area contributed by atoms with Crippen LogP contribution in [0.2, 0.25) is 0 Å². The van der Waals surface area contributed by atoms with Gasteiger partial charge in [0.25, 0.3) is 0 Å². The second kappa shape index (κ2) is 13.7. The molecular formula is C52H33N3OS. The molecule has 0 fully saturated rings. The lowest BCUT2D eigenvalue weighted by Crippen LogP contribution is -2.09. The number of nitrogens with zero attached hydrogens (tertiary/aromatic N) is 3. The predicted molar refractivity (Wildman–Crippen MR) is 239 cm³/mol. The Morgan fingerprint density at radius 3 is 1.88 bits per heavy atom. The van der Waals surface area contributed by atoms with Crippen LogP contribution in [0.15, 0.2) is 205 Å². The molecule has 268 valence electrons. The molecule has 0 saturated heterocycles. The first kappa shape index (κ1) is 33.0. The zero-order valence-electron chi connectivity index (χ0n) is 30.7. The van der Waals surface area contributed by atoms with Gasteiger partial charge in [-0.25, -0.2) is 9.97 Å². The van der Waals surface area contributed by atoms with E-state index in [1.807, 2.05) is 59.9 Å². The molecule has 0 atom stereocenters. The molecule has 0 bridgehead atoms. The van der Waals surface area contributed by atoms with Gasteiger partial charge in [-0.1, -0.05) is 140 Å². The molecule has 0 aliphatic rings. The van der Waals surface area contributed by atoms with Crippen LogP contribution in [0.4, 0.5) is 17.1 Å². The lowest BCUT2D eigenvalue weighted by atomic mass is 9.99. The number of para-hydroxylation sites is 1. The van der Waals surface area contributed by atoms with Gasteiger partial charge < -0.3 is 9.32 Å². The summed E-state index contributed by atoms with van der Waals surface area (Å²) in [5.41, 5.74) is 12.0. The Labute approximate surface area is 333 Å². The summed E-state index contributed by atoms with van der Waals surface area (Å²) in [6.45, 7) is 0. The van der Waals surface area contributed by atoms with Crippen molar-refractivity contribution in [1.82, 2.24) is 9.97 Å². The standard InChI is InChI=1S/C52H33N3OS/c1-4-14-35(15-5-1)44-33-45(54-52(53-44)36-16-6-2-7-17-36)42-22-13-24-47-50(42)43-31-28-37(32-48(43)56-47)34-26-29-39(30-27-34)55(38-18-8-3-9-19-38)46-23-12-21-41-40-20-10-11-25-49(40)57-51(41)46/h1-33H. The van der Waals surface area contributed by atoms with Crippen LogP contribution < -0.4 is 4.90 Å². The van der Waals surface area contributed by atoms with Crippen LogP contribution in [0.3, 0.4) is 0 Å². The lowest BCUT2D eigenvalue weighted by molar-refractivity contribution is 0.669. The first-order valence-corrected chi connectivity index (χ1v) is 19.9. The van der Waals surface area contributed by atoms with E-state index in [0.29, 0.717) is 5.82 Å². The Hall–Kier alpha value is -7.34. The average molecular weight is 748 g/mol. The van der Waals surface area contributed by atoms with E-state index in [0.717, 1.165) is 72.5 Å². The van der Waals surface area contributed by atoms with E-state index >= 15 is 0 Å². The third-order valence-corrected chi connectivity index (χ3v) is 11.9. The molecule has 8 aromatic carbocycles. The second-order valence-corrected chi connectivity index (χ2v) is 15.2. The van der Waals surface area contributed by atoms with Gasteiger partial charge in [0.15, 0.2) is 5.82 Å². The number of benzene rings is 8. The molecule has 0 unspecified atom stereocenters. The number of anilines is 3. The number of thiophene rings is 1. The molecule has 11 rings (SSSR count). The fraction of sp³-hybridized carbons (Fsp3) is 0. The zero-order chi connectivity index (χ0) is 37.7. The molecule has 0 saturated carbocycles. The highest BCUT2D eigenvalue weighted by atomic mass is 32.1. The van der Waals surface area contributed by atoms with Crippen LogP contribution in [0.25, 0.3) is 87.1 Å². The minimum atomic E-state index is 0.689. The predicted octanol–water partition coefficient (Wildman–Crippen LogP) is 14.9. The Balaban J connectivity index is 0.993. The van der Waals surface area contributed by atoms with Gasteiger partial charge in [0, 0.05) is 54.3 Å². The summed E-state index contributed by atoms with van der Waals surface area (Å²) >= 11 is 1.85. The van der Waals surface area contributed by atoms with Crippen LogP contribution >= 0.6 is 11.3 Å². The fourth-order valence-corrected chi connectivity index (χ4v) is 9.20. The van der Waals surface area contributed by atoms with Crippen molar-refractivity contribution in [2.45, 2.75) is 0 Å². The molecule has 11 aromatic rings. The highest BCUT2D eigenvalue weighted by Crippen LogP contribution is 2.45. The molecule has 3 heterocycles. The van der Waals surface area contributed by atoms with Crippen molar-refractivity contribution in [3.8, 4) is 45.0 Å². The molecule has 0 N–H and O–H groups in total. The van der Waals surface area contributed by atoms with E-state index in [1.54, 1.807) is 0 Å². The van der Waals surface area contributed by atoms with Crippen LogP contribution in [0.5, 0.6) is 0 Å². The summed E-state index contributed by atoms with van der Waals surface area (Å²) in [5, 5.41) is 4.66. The number of fused-ring (bicyclic) bond motifs is 6. The van der Waals surface area contributed by atoms with E-state index in [4.69, 9.17) is 14.4 Å². The van der Waals surface area contributed by atoms with Gasteiger partial charge in [0.2, 0.25) is 0 Å². The van der Waals surface area contributed by atoms with Crippen molar-refractivity contribution < 1.29 is 4.42 Å². The van der Waals surface area contributed by atoms with Gasteiger partial charge in [-0.3, -0.25) is 0 Å². The maximum absolute atomic E-state index is 6.60. The summed E-state index contributed by atoms with van der Waals surface area (Å²) in [7, 11) is 0. The molecule has 57 heavy (non-hydrogen) atoms. The van der Waals surface area contributed by atoms with Crippen LogP contribution in [0.1, 0.15) is 0 Å². The van der Waals surface area contributed by atoms with Crippen molar-refractivity contribution in [3.05, 3.63) is 200 Å². The van der Waals surface area contributed by atoms with E-state index in [2.05, 4.69) is 157 Å². The van der Waals surface area contributed by atoms with Gasteiger partial charge in [-0.05, 0) is 71.8 Å². The van der Waals surface area contributed by atoms with Crippen LogP contribution in [-0.4, -0.2) is 9.97 Å². The Bertz CT molecular complexity index is 3170. The summed E-state index contributed by atoms with van der Waals surface area (Å²) in [4.78, 5) is 12.5. The third kappa shape index (κ3) is 5.84. The molecule has 0 amide bonds. The van der Waals surface area contributed by atoms with E-state index in [1.165, 1.54) is 25.9 Å². The summed E-state index contributed by atoms with van der Waals surface area (Å²) < 4.78 is 9.17. The summed E-state index contributed by atoms with van der Waals surface area (Å²) in [6.07, 6.45) is 0. The number of furan rings is 1. The number of hydrogen-bond acceptors (Lipinski definition) is 5. The number of aromatic nitrogens is 2. The maximum atomic E-state index is 6.60. The van der Waals surface area contributed by atoms with Crippen molar-refractivity contribution in [2.75, 3.05) is 4.90 Å². The first-order chi connectivity index (χ1) is 28.2. The topological polar surface area (TPSA) is 42.2 Å². The van der Waals surface area contributed by atoms with E-state index in [-0.39, 0.29) is 0 Å². The number of hydrogen-bond donors (Lipinski definition) is 0. The summed E-state index contributed by atoms with van der Waals surface area (Å²) in [5.74, 6) is 0.689. The SMILES string of the molecule is c1ccc(-c2cc(-c3cccc4oc5cc(-c6ccc(N(c7ccccc7)c7cccc8c7sc7ccccc78)cc6)ccc5c34)nc(-c3ccccc3)n2)cc1. The highest BCUT2D eigenvalue weighted by molar-refractivity contribution is 7.26. The van der Waals surface area contributed by atoms with Gasteiger partial charge in [-0.2, -0.15) is 0 Å². The van der Waals surface area contributed by atoms with Gasteiger partial charge in [-0.15, -0.1) is 11.3 Å². The Morgan fingerprint density at radius 2 is 1.07 bits per heavy atom. The largest absolute Gasteiger partial charge is 0.456 e. The molecule has 5 heteroatoms. The van der Waals surface area contributed by atoms with E-state index < -0.39 is 0 Å². The van der Waals surface area contributed by atoms with Crippen molar-refractivity contribution in [3.63, 3.8) is 0 Å². The third-order valence-electron chi connectivity index (χ3n) is 10.7. The quantitative estimate of drug-likeness (QED) is 0.163. The van der Waals surface area contributed by atoms with Crippen molar-refractivity contribution >= 4 is 70.5 Å². The van der Waals surface area contributed by atoms with Crippen LogP contribution in [0, 0.1) is 0 Å². The molecule has 3 aromatic heterocycles. The Kier molecular flexibility index (Phi) is 7.97. The monoisotopic (exact) mass is 747 g/mol. The fourth-order valence-electron chi connectivity index (χ4n) is 7.99. The lowest BCUT2D eigenvalue weighted by Gasteiger charge is -2.26. The normalized spacial score (nSPS) is 11.5. The second-order valence-electron chi connectivity index (χ2n) is 14.2. The van der Waals surface area contributed by atoms with Gasteiger partial charge in [0.05, 0.1) is 21.8 Å². The van der Waals surface area contributed by atoms with Gasteiger partial charge >= 0.3 is 0 Å². The van der Waals surface area contributed by atoms with Gasteiger partial charge in [0.1, 0.15) is 11.2 Å². The molecule has 4 nitrogen and oxygen atoms in total. The van der Waals surface area contributed by atoms with Crippen LogP contribution in [-0.2, 0) is 0 Å². The number of rotatable bonds is 7. The molecule has 0 spiro atoms. The maximum Gasteiger partial charge on any atom is 0.160 e. The minimum absolute atomic E-state index is 0.689. The molecule has 0 aliphatic heterocycles. The van der Waals surface area contributed by atoms with Crippen molar-refractivity contribution in [2.24, 2.45) is 0 Å². The van der Waals surface area contributed by atoms with E-state index in [9.17, 15) is 0 Å². The highest BCUT2D eigenvalue weighted by Gasteiger charge is 2.20.